The third-order valence-electron chi connectivity index (χ3n) is 6.70. The van der Waals surface area contributed by atoms with Crippen LogP contribution in [0.5, 0.6) is 5.75 Å². The van der Waals surface area contributed by atoms with Gasteiger partial charge >= 0.3 is 0 Å². The molecule has 1 fully saturated rings. The number of benzene rings is 1. The summed E-state index contributed by atoms with van der Waals surface area (Å²) in [5.41, 5.74) is 1.25. The molecule has 3 aliphatic rings. The van der Waals surface area contributed by atoms with Crippen molar-refractivity contribution in [1.29, 1.82) is 0 Å². The Morgan fingerprint density at radius 1 is 1.18 bits per heavy atom. The summed E-state index contributed by atoms with van der Waals surface area (Å²) in [7, 11) is 3.04. The number of aliphatic hydroxyl groups excluding tert-OH is 3. The summed E-state index contributed by atoms with van der Waals surface area (Å²) >= 11 is 0. The summed E-state index contributed by atoms with van der Waals surface area (Å²) in [5.74, 6) is -8.64. The lowest BCUT2D eigenvalue weighted by Crippen LogP contribution is -3.13. The van der Waals surface area contributed by atoms with Crippen LogP contribution in [0.25, 0.3) is 11.3 Å². The van der Waals surface area contributed by atoms with Crippen molar-refractivity contribution >= 4 is 28.8 Å². The number of halogens is 1. The first-order chi connectivity index (χ1) is 14.9. The zero-order chi connectivity index (χ0) is 23.9. The van der Waals surface area contributed by atoms with Gasteiger partial charge in [-0.2, -0.15) is 0 Å². The molecule has 1 aromatic carbocycles. The Bertz CT molecular complexity index is 1190. The molecule has 1 aromatic rings. The summed E-state index contributed by atoms with van der Waals surface area (Å²) in [6, 6.07) is 2.98. The molecule has 0 saturated heterocycles. The summed E-state index contributed by atoms with van der Waals surface area (Å²) in [4.78, 5) is 39.0. The summed E-state index contributed by atoms with van der Waals surface area (Å²) < 4.78 is 0. The minimum absolute atomic E-state index is 0. The van der Waals surface area contributed by atoms with E-state index in [4.69, 9.17) is 5.73 Å². The van der Waals surface area contributed by atoms with E-state index in [1.165, 1.54) is 32.3 Å². The molecule has 4 rings (SSSR count). The predicted molar refractivity (Wildman–Crippen MR) is 110 cm³/mol. The Morgan fingerprint density at radius 2 is 1.79 bits per heavy atom. The Morgan fingerprint density at radius 3 is 2.33 bits per heavy atom. The van der Waals surface area contributed by atoms with Gasteiger partial charge in [0.05, 0.1) is 37.3 Å². The molecule has 176 valence electrons. The number of carbonyl (C=O) groups excluding carboxylic acids is 3. The Hall–Kier alpha value is -3.18. The quantitative estimate of drug-likeness (QED) is 0.206. The molecule has 3 aliphatic carbocycles. The minimum Gasteiger partial charge on any atom is -1.00 e. The lowest BCUT2D eigenvalue weighted by Gasteiger charge is -2.51. The SMILES string of the molecule is C=C1c2cccc(O)c2C(O)=C2C(=O)[C@]3(O)C(O)=C(C(N)=O)C(=O)[C@@H]([NH+](C)C)[C@@H]3[C@@H](O)C12.[Cl-]. The van der Waals surface area contributed by atoms with Gasteiger partial charge in [-0.25, -0.2) is 0 Å². The van der Waals surface area contributed by atoms with Crippen molar-refractivity contribution in [2.24, 2.45) is 17.6 Å². The smallest absolute Gasteiger partial charge is 0.256 e. The van der Waals surface area contributed by atoms with Crippen molar-refractivity contribution in [2.75, 3.05) is 14.1 Å². The first kappa shape index (κ1) is 24.5. The van der Waals surface area contributed by atoms with E-state index < -0.39 is 69.7 Å². The van der Waals surface area contributed by atoms with Gasteiger partial charge < -0.3 is 48.6 Å². The van der Waals surface area contributed by atoms with Gasteiger partial charge in [-0.1, -0.05) is 18.7 Å². The minimum atomic E-state index is -2.92. The van der Waals surface area contributed by atoms with Crippen molar-refractivity contribution in [3.63, 3.8) is 0 Å². The van der Waals surface area contributed by atoms with Crippen LogP contribution >= 0.6 is 0 Å². The number of hydrogen-bond donors (Lipinski definition) is 7. The van der Waals surface area contributed by atoms with Crippen molar-refractivity contribution < 1.29 is 57.2 Å². The van der Waals surface area contributed by atoms with Gasteiger partial charge in [0.25, 0.3) is 5.91 Å². The number of hydrogen-bond acceptors (Lipinski definition) is 8. The lowest BCUT2D eigenvalue weighted by molar-refractivity contribution is -0.881. The summed E-state index contributed by atoms with van der Waals surface area (Å²) in [5, 5.41) is 54.7. The van der Waals surface area contributed by atoms with Crippen LogP contribution in [0.15, 0.2) is 41.7 Å². The highest BCUT2D eigenvalue weighted by Gasteiger charge is 2.69. The number of rotatable bonds is 2. The molecule has 8 N–H and O–H groups in total. The number of carbonyl (C=O) groups is 3. The Balaban J connectivity index is 0.00000306. The van der Waals surface area contributed by atoms with Crippen molar-refractivity contribution in [1.82, 2.24) is 0 Å². The van der Waals surface area contributed by atoms with E-state index >= 15 is 0 Å². The van der Waals surface area contributed by atoms with Crippen LogP contribution in [0.3, 0.4) is 0 Å². The fourth-order valence-corrected chi connectivity index (χ4v) is 5.31. The zero-order valence-corrected chi connectivity index (χ0v) is 18.4. The van der Waals surface area contributed by atoms with Crippen molar-refractivity contribution in [3.8, 4) is 5.75 Å². The van der Waals surface area contributed by atoms with Gasteiger partial charge in [-0.05, 0) is 17.2 Å². The number of aliphatic hydroxyl groups is 4. The van der Waals surface area contributed by atoms with E-state index in [1.54, 1.807) is 0 Å². The van der Waals surface area contributed by atoms with E-state index in [-0.39, 0.29) is 34.9 Å². The molecule has 1 saturated carbocycles. The lowest BCUT2D eigenvalue weighted by atomic mass is 9.55. The van der Waals surface area contributed by atoms with Gasteiger partial charge in [0.2, 0.25) is 11.6 Å². The van der Waals surface area contributed by atoms with E-state index in [9.17, 15) is 39.9 Å². The Kier molecular flexibility index (Phi) is 5.71. The average molecular weight is 479 g/mol. The molecular weight excluding hydrogens is 456 g/mol. The molecule has 1 amide bonds. The second-order valence-corrected chi connectivity index (χ2v) is 8.58. The summed E-state index contributed by atoms with van der Waals surface area (Å²) in [6.45, 7) is 3.92. The highest BCUT2D eigenvalue weighted by Crippen LogP contribution is 2.54. The third kappa shape index (κ3) is 2.88. The van der Waals surface area contributed by atoms with Crippen LogP contribution < -0.4 is 23.0 Å². The normalized spacial score (nSPS) is 31.1. The van der Waals surface area contributed by atoms with Crippen LogP contribution in [-0.4, -0.2) is 74.8 Å². The standard InChI is InChI=1S/C22H22N2O8.ClH/c1-7-8-5-4-6-9(25)11(8)16(26)12-10(7)17(27)14-15(24(2)3)18(28)13(21(23)31)20(30)22(14,32)19(12)29;/h4-6,10,14-15,17,25-27,30,32H,1H2,2-3H3,(H2,23,31);1H/t10?,14-,15+,17+,22+;/m1./s1. The topological polar surface area (TPSA) is 183 Å². The number of aromatic hydroxyl groups is 1. The maximum atomic E-state index is 13.6. The molecule has 1 unspecified atom stereocenters. The number of quaternary nitrogens is 1. The molecule has 0 radical (unpaired) electrons. The van der Waals surface area contributed by atoms with Crippen LogP contribution in [0.2, 0.25) is 0 Å². The van der Waals surface area contributed by atoms with Gasteiger partial charge in [0.1, 0.15) is 22.8 Å². The van der Waals surface area contributed by atoms with E-state index in [2.05, 4.69) is 6.58 Å². The fraction of sp³-hybridized carbons (Fsp3) is 0.318. The molecule has 0 spiro atoms. The first-order valence-corrected chi connectivity index (χ1v) is 9.84. The van der Waals surface area contributed by atoms with Crippen molar-refractivity contribution in [3.05, 3.63) is 52.8 Å². The molecule has 33 heavy (non-hydrogen) atoms. The molecule has 0 bridgehead atoms. The van der Waals surface area contributed by atoms with Gasteiger partial charge in [-0.3, -0.25) is 14.4 Å². The van der Waals surface area contributed by atoms with Crippen LogP contribution in [0, 0.1) is 11.8 Å². The van der Waals surface area contributed by atoms with Gasteiger partial charge in [0, 0.05) is 5.92 Å². The summed E-state index contributed by atoms with van der Waals surface area (Å²) in [6.07, 6.45) is -1.67. The molecule has 5 atom stereocenters. The number of nitrogens with one attached hydrogen (secondary N) is 1. The zero-order valence-electron chi connectivity index (χ0n) is 17.7. The molecule has 11 heteroatoms. The molecular formula is C22H23ClN2O8. The maximum Gasteiger partial charge on any atom is 0.256 e. The Labute approximate surface area is 194 Å². The van der Waals surface area contributed by atoms with E-state index in [0.29, 0.717) is 4.90 Å². The second-order valence-electron chi connectivity index (χ2n) is 8.58. The molecule has 0 aromatic heterocycles. The van der Waals surface area contributed by atoms with Crippen LogP contribution in [0.1, 0.15) is 11.1 Å². The number of phenolic OH excluding ortho intramolecular Hbond substituents is 1. The third-order valence-corrected chi connectivity index (χ3v) is 6.70. The number of Topliss-reactive ketones (excluding diaryl/α,β-unsaturated/α-hetero) is 2. The first-order valence-electron chi connectivity index (χ1n) is 9.84. The maximum absolute atomic E-state index is 13.6. The molecule has 0 heterocycles. The van der Waals surface area contributed by atoms with E-state index in [1.807, 2.05) is 0 Å². The number of ketones is 2. The number of phenols is 1. The van der Waals surface area contributed by atoms with Gasteiger partial charge in [-0.15, -0.1) is 0 Å². The van der Waals surface area contributed by atoms with Crippen molar-refractivity contribution in [2.45, 2.75) is 17.7 Å². The fourth-order valence-electron chi connectivity index (χ4n) is 5.31. The number of primary amides is 1. The van der Waals surface area contributed by atoms with Crippen LogP contribution in [-0.2, 0) is 14.4 Å². The second kappa shape index (κ2) is 7.70. The number of nitrogens with two attached hydrogens (primary N) is 1. The number of fused-ring (bicyclic) bond motifs is 3. The van der Waals surface area contributed by atoms with E-state index in [0.717, 1.165) is 0 Å². The molecule has 10 nitrogen and oxygen atoms in total. The number of amides is 1. The largest absolute Gasteiger partial charge is 1.00 e. The average Bonchev–Trinajstić information content (AvgIpc) is 2.70. The van der Waals surface area contributed by atoms with Gasteiger partial charge in [0.15, 0.2) is 11.6 Å². The highest BCUT2D eigenvalue weighted by atomic mass is 35.5. The number of likely N-dealkylation sites (N-methyl/N-ethyl adjacent to an activating group) is 1. The van der Waals surface area contributed by atoms with Crippen LogP contribution in [0.4, 0.5) is 0 Å². The predicted octanol–water partition coefficient (Wildman–Crippen LogP) is -5.01. The monoisotopic (exact) mass is 478 g/mol. The highest BCUT2D eigenvalue weighted by molar-refractivity contribution is 6.24. The molecule has 0 aliphatic heterocycles.